The molecule has 0 aromatic rings. The fourth-order valence-electron chi connectivity index (χ4n) is 3.45. The van der Waals surface area contributed by atoms with Gasteiger partial charge in [-0.05, 0) is 37.0 Å². The molecule has 0 saturated carbocycles. The summed E-state index contributed by atoms with van der Waals surface area (Å²) in [4.78, 5) is 0. The van der Waals surface area contributed by atoms with Crippen LogP contribution in [0.25, 0.3) is 0 Å². The number of rotatable bonds is 21. The normalized spacial score (nSPS) is 10.5. The Morgan fingerprint density at radius 1 is 0.417 bits per heavy atom. The minimum absolute atomic E-state index is 0.359. The van der Waals surface area contributed by atoms with Crippen molar-refractivity contribution in [2.45, 2.75) is 168 Å². The van der Waals surface area contributed by atoms with Crippen LogP contribution in [0.5, 0.6) is 0 Å². The summed E-state index contributed by atoms with van der Waals surface area (Å²) >= 11 is 1.46. The maximum atomic E-state index is 8.43. The third-order valence-corrected chi connectivity index (χ3v) is 7.04. The second-order valence-corrected chi connectivity index (χ2v) is 13.1. The first-order valence-electron chi connectivity index (χ1n) is 15.8. The van der Waals surface area contributed by atoms with Crippen LogP contribution < -0.4 is 0 Å². The average Bonchev–Trinajstić information content (AvgIpc) is 2.83. The van der Waals surface area contributed by atoms with Gasteiger partial charge in [-0.1, -0.05) is 99.3 Å². The molecule has 2 radical (unpaired) electrons. The Kier molecular flexibility index (Phi) is 51.9. The van der Waals surface area contributed by atoms with E-state index in [2.05, 4.69) is 48.5 Å². The number of aliphatic hydroxyl groups excluding tert-OH is 3. The fourth-order valence-corrected chi connectivity index (χ4v) is 4.27. The van der Waals surface area contributed by atoms with Gasteiger partial charge in [-0.2, -0.15) is 0 Å². The van der Waals surface area contributed by atoms with E-state index in [1.807, 2.05) is 0 Å². The van der Waals surface area contributed by atoms with Crippen molar-refractivity contribution in [1.29, 1.82) is 0 Å². The first-order valence-corrected chi connectivity index (χ1v) is 18.1. The van der Waals surface area contributed by atoms with Gasteiger partial charge < -0.3 is 15.3 Å². The summed E-state index contributed by atoms with van der Waals surface area (Å²) in [6.45, 7) is 16.8. The van der Waals surface area contributed by atoms with Gasteiger partial charge in [0.2, 0.25) is 0 Å². The molecular weight excluding hydrogens is 551 g/mol. The van der Waals surface area contributed by atoms with E-state index in [1.54, 1.807) is 0 Å². The van der Waals surface area contributed by atoms with Crippen LogP contribution in [0.4, 0.5) is 0 Å². The molecule has 0 rings (SSSR count). The molecule has 0 aliphatic carbocycles. The van der Waals surface area contributed by atoms with Gasteiger partial charge in [-0.25, -0.2) is 0 Å². The molecule has 0 unspecified atom stereocenters. The Balaban J connectivity index is -0.000000190. The molecule has 0 aliphatic heterocycles. The molecule has 0 heterocycles. The number of unbranched alkanes of at least 4 members (excludes halogenated alkanes) is 11. The second kappa shape index (κ2) is 42.8. The maximum absolute atomic E-state index is 8.43. The van der Waals surface area contributed by atoms with Crippen molar-refractivity contribution in [2.75, 3.05) is 19.8 Å². The van der Waals surface area contributed by atoms with E-state index in [1.165, 1.54) is 123 Å². The monoisotopic (exact) mass is 624 g/mol. The van der Waals surface area contributed by atoms with Gasteiger partial charge in [-0.15, -0.1) is 0 Å². The van der Waals surface area contributed by atoms with Crippen LogP contribution in [0.15, 0.2) is 0 Å². The third-order valence-electron chi connectivity index (χ3n) is 5.88. The van der Waals surface area contributed by atoms with Crippen molar-refractivity contribution < 1.29 is 15.3 Å². The third kappa shape index (κ3) is 64.6. The van der Waals surface area contributed by atoms with E-state index < -0.39 is 0 Å². The van der Waals surface area contributed by atoms with E-state index in [4.69, 9.17) is 15.3 Å². The predicted molar refractivity (Wildman–Crippen MR) is 167 cm³/mol. The van der Waals surface area contributed by atoms with Crippen LogP contribution in [0.1, 0.15) is 164 Å². The summed E-state index contributed by atoms with van der Waals surface area (Å²) in [5.74, 6) is 2.47. The van der Waals surface area contributed by atoms with Crippen LogP contribution in [-0.4, -0.2) is 57.7 Å². The van der Waals surface area contributed by atoms with Crippen molar-refractivity contribution in [3.05, 3.63) is 0 Å². The van der Waals surface area contributed by atoms with Crippen molar-refractivity contribution >= 4 is 22.5 Å². The molecule has 3 nitrogen and oxygen atoms in total. The molecule has 0 spiro atoms. The Morgan fingerprint density at radius 2 is 0.694 bits per heavy atom. The second-order valence-electron chi connectivity index (χ2n) is 11.5. The molecule has 3 N–H and O–H groups in total. The molecule has 36 heavy (non-hydrogen) atoms. The molecule has 0 aliphatic rings. The van der Waals surface area contributed by atoms with Crippen molar-refractivity contribution in [1.82, 2.24) is 0 Å². The summed E-state index contributed by atoms with van der Waals surface area (Å²) in [5, 5.41) is 25.3. The molecule has 0 atom stereocenters. The Morgan fingerprint density at radius 3 is 0.944 bits per heavy atom. The van der Waals surface area contributed by atoms with Gasteiger partial charge in [0.1, 0.15) is 0 Å². The molecule has 0 aromatic carbocycles. The van der Waals surface area contributed by atoms with Crippen LogP contribution >= 0.6 is 0 Å². The summed E-state index contributed by atoms with van der Waals surface area (Å²) in [5.41, 5.74) is 0. The standard InChI is InChI=1S/3C8H18O.C8H17.Sn.H/c3*1-8(2)6-4-3-5-7-9;1-3-5-7-8-6-4-2;;/h3*8-9H,3-7H2,1-2H3;1,3-8H2,2H3;;. The van der Waals surface area contributed by atoms with Crippen LogP contribution in [0.2, 0.25) is 4.44 Å². The van der Waals surface area contributed by atoms with Gasteiger partial charge >= 0.3 is 72.4 Å². The van der Waals surface area contributed by atoms with Crippen molar-refractivity contribution in [3.8, 4) is 0 Å². The molecule has 0 aromatic heterocycles. The van der Waals surface area contributed by atoms with Crippen molar-refractivity contribution in [3.63, 3.8) is 0 Å². The predicted octanol–water partition coefficient (Wildman–Crippen LogP) is 9.25. The molecule has 0 amide bonds. The minimum atomic E-state index is 0.359. The van der Waals surface area contributed by atoms with Gasteiger partial charge in [-0.3, -0.25) is 0 Å². The summed E-state index contributed by atoms with van der Waals surface area (Å²) < 4.78 is 1.50. The van der Waals surface area contributed by atoms with Crippen molar-refractivity contribution in [2.24, 2.45) is 17.8 Å². The zero-order chi connectivity index (χ0) is 28.3. The first kappa shape index (κ1) is 43.7. The average molecular weight is 624 g/mol. The topological polar surface area (TPSA) is 60.7 Å². The molecular formula is C32H72O3Sn. The van der Waals surface area contributed by atoms with Gasteiger partial charge in [0, 0.05) is 19.8 Å². The van der Waals surface area contributed by atoms with Crippen LogP contribution in [-0.2, 0) is 0 Å². The zero-order valence-corrected chi connectivity index (χ0v) is 29.5. The van der Waals surface area contributed by atoms with Gasteiger partial charge in [0.25, 0.3) is 0 Å². The Bertz CT molecular complexity index is 278. The summed E-state index contributed by atoms with van der Waals surface area (Å²) in [6.07, 6.45) is 23.0. The molecule has 222 valence electrons. The van der Waals surface area contributed by atoms with Gasteiger partial charge in [0.05, 0.1) is 0 Å². The number of hydrogen-bond acceptors (Lipinski definition) is 3. The Hall–Kier alpha value is 0.679. The number of aliphatic hydroxyl groups is 3. The molecule has 4 heteroatoms. The Labute approximate surface area is 243 Å². The van der Waals surface area contributed by atoms with Crippen LogP contribution in [0, 0.1) is 17.8 Å². The summed E-state index contributed by atoms with van der Waals surface area (Å²) in [6, 6.07) is 0. The van der Waals surface area contributed by atoms with E-state index in [0.29, 0.717) is 19.8 Å². The quantitative estimate of drug-likeness (QED) is 0.0883. The van der Waals surface area contributed by atoms with E-state index in [9.17, 15) is 0 Å². The molecule has 0 fully saturated rings. The number of hydrogen-bond donors (Lipinski definition) is 3. The molecule has 0 bridgehead atoms. The zero-order valence-electron chi connectivity index (χ0n) is 26.2. The first-order chi connectivity index (χ1) is 17.2. The fraction of sp³-hybridized carbons (Fsp3) is 1.00. The van der Waals surface area contributed by atoms with E-state index in [0.717, 1.165) is 37.0 Å². The van der Waals surface area contributed by atoms with Gasteiger partial charge in [0.15, 0.2) is 0 Å². The van der Waals surface area contributed by atoms with Crippen LogP contribution in [0.3, 0.4) is 0 Å². The van der Waals surface area contributed by atoms with E-state index in [-0.39, 0.29) is 0 Å². The summed E-state index contributed by atoms with van der Waals surface area (Å²) in [7, 11) is 0. The molecule has 0 saturated heterocycles. The van der Waals surface area contributed by atoms with E-state index >= 15 is 0 Å². The SMILES string of the molecule is CC(C)CCCCCO.CC(C)CCCCCO.CC(C)CCCCCO.CCCCCCC[CH2][SnH].